The van der Waals surface area contributed by atoms with E-state index in [2.05, 4.69) is 25.7 Å². The molecule has 0 heterocycles. The normalized spacial score (nSPS) is 14.9. The van der Waals surface area contributed by atoms with Crippen molar-refractivity contribution in [3.05, 3.63) is 59.2 Å². The quantitative estimate of drug-likeness (QED) is 0.553. The summed E-state index contributed by atoms with van der Waals surface area (Å²) in [4.78, 5) is 28.2. The summed E-state index contributed by atoms with van der Waals surface area (Å²) < 4.78 is 5.94. The highest BCUT2D eigenvalue weighted by molar-refractivity contribution is 6.32. The maximum atomic E-state index is 13.0. The molecule has 0 atom stereocenters. The Bertz CT molecular complexity index is 851. The molecule has 2 aromatic carbocycles. The third-order valence-corrected chi connectivity index (χ3v) is 5.31. The Labute approximate surface area is 165 Å². The third kappa shape index (κ3) is 3.20. The maximum absolute atomic E-state index is 13.0. The first-order valence-electron chi connectivity index (χ1n) is 9.92. The second-order valence-electron chi connectivity index (χ2n) is 6.97. The highest BCUT2D eigenvalue weighted by Crippen LogP contribution is 2.42. The van der Waals surface area contributed by atoms with Crippen molar-refractivity contribution in [1.29, 1.82) is 0 Å². The third-order valence-electron chi connectivity index (χ3n) is 5.31. The smallest absolute Gasteiger partial charge is 0.220 e. The van der Waals surface area contributed by atoms with E-state index < -0.39 is 17.2 Å². The first-order chi connectivity index (χ1) is 13.5. The van der Waals surface area contributed by atoms with Crippen molar-refractivity contribution in [2.45, 2.75) is 39.2 Å². The largest absolute Gasteiger partial charge is 0.493 e. The number of hydrogen-bond donors (Lipinski definition) is 1. The minimum Gasteiger partial charge on any atom is -0.493 e. The van der Waals surface area contributed by atoms with E-state index in [-0.39, 0.29) is 16.7 Å². The molecule has 1 N–H and O–H groups in total. The molecule has 0 bridgehead atoms. The van der Waals surface area contributed by atoms with Crippen LogP contribution in [-0.4, -0.2) is 36.4 Å². The first-order valence-corrected chi connectivity index (χ1v) is 9.92. The Kier molecular flexibility index (Phi) is 5.84. The van der Waals surface area contributed by atoms with Crippen LogP contribution in [0.5, 0.6) is 5.75 Å². The van der Waals surface area contributed by atoms with Gasteiger partial charge in [-0.25, -0.2) is 0 Å². The van der Waals surface area contributed by atoms with Crippen LogP contribution in [0.1, 0.15) is 59.9 Å². The molecule has 3 rings (SSSR count). The van der Waals surface area contributed by atoms with Gasteiger partial charge in [-0.3, -0.25) is 9.59 Å². The average Bonchev–Trinajstić information content (AvgIpc) is 2.92. The summed E-state index contributed by atoms with van der Waals surface area (Å²) in [6.07, 6.45) is 1.80. The predicted octanol–water partition coefficient (Wildman–Crippen LogP) is 3.98. The van der Waals surface area contributed by atoms with Gasteiger partial charge in [-0.2, -0.15) is 0 Å². The molecule has 1 aliphatic rings. The molecule has 28 heavy (non-hydrogen) atoms. The molecule has 0 radical (unpaired) electrons. The highest BCUT2D eigenvalue weighted by atomic mass is 16.5. The van der Waals surface area contributed by atoms with E-state index in [4.69, 9.17) is 4.74 Å². The number of anilines is 1. The molecule has 1 aliphatic carbocycles. The predicted molar refractivity (Wildman–Crippen MR) is 109 cm³/mol. The van der Waals surface area contributed by atoms with Crippen LogP contribution in [0.4, 0.5) is 5.69 Å². The molecule has 0 amide bonds. The number of aliphatic hydroxyl groups is 1. The second kappa shape index (κ2) is 8.15. The van der Waals surface area contributed by atoms with Crippen LogP contribution in [0.25, 0.3) is 0 Å². The van der Waals surface area contributed by atoms with Crippen molar-refractivity contribution in [3.8, 4) is 5.75 Å². The van der Waals surface area contributed by atoms with Crippen LogP contribution in [0.3, 0.4) is 0 Å². The lowest BCUT2D eigenvalue weighted by molar-refractivity contribution is 0.0310. The fraction of sp³-hybridized carbons (Fsp3) is 0.391. The monoisotopic (exact) mass is 381 g/mol. The standard InChI is InChI=1S/C23H27NO4/c1-4-7-14-28-20-15-16(24(5-2)6-3)12-13-19(20)23(27)21(25)17-10-8-9-11-18(17)22(23)26/h8-13,15,27H,4-7,14H2,1-3H3. The summed E-state index contributed by atoms with van der Waals surface area (Å²) in [5.74, 6) is -0.803. The van der Waals surface area contributed by atoms with Crippen LogP contribution in [-0.2, 0) is 5.60 Å². The summed E-state index contributed by atoms with van der Waals surface area (Å²) in [7, 11) is 0. The summed E-state index contributed by atoms with van der Waals surface area (Å²) in [5, 5.41) is 11.3. The number of Topliss-reactive ketones (excluding diaryl/α,β-unsaturated/α-hetero) is 2. The molecule has 5 nitrogen and oxygen atoms in total. The van der Waals surface area contributed by atoms with E-state index in [0.717, 1.165) is 31.6 Å². The SMILES string of the molecule is CCCCOc1cc(N(CC)CC)ccc1C1(O)C(=O)c2ccccc2C1=O. The molecule has 0 fully saturated rings. The number of rotatable bonds is 8. The van der Waals surface area contributed by atoms with Gasteiger partial charge in [0.1, 0.15) is 5.75 Å². The van der Waals surface area contributed by atoms with Crippen LogP contribution >= 0.6 is 0 Å². The average molecular weight is 381 g/mol. The molecular formula is C23H27NO4. The highest BCUT2D eigenvalue weighted by Gasteiger charge is 2.54. The fourth-order valence-electron chi connectivity index (χ4n) is 3.66. The number of unbranched alkanes of at least 4 members (excludes halogenated alkanes) is 1. The van der Waals surface area contributed by atoms with Crippen LogP contribution < -0.4 is 9.64 Å². The first kappa shape index (κ1) is 20.1. The van der Waals surface area contributed by atoms with Gasteiger partial charge < -0.3 is 14.7 Å². The van der Waals surface area contributed by atoms with Crippen molar-refractivity contribution < 1.29 is 19.4 Å². The molecule has 0 unspecified atom stereocenters. The Morgan fingerprint density at radius 1 is 0.964 bits per heavy atom. The van der Waals surface area contributed by atoms with Gasteiger partial charge in [-0.15, -0.1) is 0 Å². The van der Waals surface area contributed by atoms with Gasteiger partial charge in [0.25, 0.3) is 0 Å². The van der Waals surface area contributed by atoms with E-state index in [0.29, 0.717) is 12.4 Å². The number of ketones is 2. The number of benzene rings is 2. The zero-order chi connectivity index (χ0) is 20.3. The van der Waals surface area contributed by atoms with Gasteiger partial charge in [-0.05, 0) is 32.4 Å². The number of nitrogens with zero attached hydrogens (tertiary/aromatic N) is 1. The summed E-state index contributed by atoms with van der Waals surface area (Å²) in [5.41, 5.74) is -0.595. The number of fused-ring (bicyclic) bond motifs is 1. The van der Waals surface area contributed by atoms with E-state index in [1.165, 1.54) is 0 Å². The molecule has 0 aliphatic heterocycles. The molecule has 5 heteroatoms. The minimum atomic E-state index is -2.24. The van der Waals surface area contributed by atoms with Gasteiger partial charge in [0, 0.05) is 41.5 Å². The second-order valence-corrected chi connectivity index (χ2v) is 6.97. The molecule has 2 aromatic rings. The van der Waals surface area contributed by atoms with Gasteiger partial charge in [-0.1, -0.05) is 37.6 Å². The number of carbonyl (C=O) groups is 2. The van der Waals surface area contributed by atoms with Gasteiger partial charge >= 0.3 is 0 Å². The van der Waals surface area contributed by atoms with E-state index in [9.17, 15) is 14.7 Å². The lowest BCUT2D eigenvalue weighted by Crippen LogP contribution is -2.38. The summed E-state index contributed by atoms with van der Waals surface area (Å²) >= 11 is 0. The molecule has 0 saturated heterocycles. The molecule has 0 spiro atoms. The molecule has 0 aromatic heterocycles. The summed E-state index contributed by atoms with van der Waals surface area (Å²) in [6, 6.07) is 11.8. The summed E-state index contributed by atoms with van der Waals surface area (Å²) in [6.45, 7) is 8.27. The molecule has 148 valence electrons. The van der Waals surface area contributed by atoms with Crippen molar-refractivity contribution in [1.82, 2.24) is 0 Å². The number of ether oxygens (including phenoxy) is 1. The van der Waals surface area contributed by atoms with Crippen LogP contribution in [0.2, 0.25) is 0 Å². The maximum Gasteiger partial charge on any atom is 0.220 e. The molecule has 0 saturated carbocycles. The lowest BCUT2D eigenvalue weighted by Gasteiger charge is -2.26. The van der Waals surface area contributed by atoms with Crippen molar-refractivity contribution in [2.24, 2.45) is 0 Å². The Balaban J connectivity index is 2.09. The van der Waals surface area contributed by atoms with Crippen LogP contribution in [0.15, 0.2) is 42.5 Å². The van der Waals surface area contributed by atoms with E-state index in [1.54, 1.807) is 30.3 Å². The zero-order valence-electron chi connectivity index (χ0n) is 16.7. The van der Waals surface area contributed by atoms with Crippen molar-refractivity contribution >= 4 is 17.3 Å². The van der Waals surface area contributed by atoms with Gasteiger partial charge in [0.05, 0.1) is 6.61 Å². The fourth-order valence-corrected chi connectivity index (χ4v) is 3.66. The lowest BCUT2D eigenvalue weighted by atomic mass is 9.87. The van der Waals surface area contributed by atoms with E-state index in [1.807, 2.05) is 12.1 Å². The topological polar surface area (TPSA) is 66.8 Å². The molecular weight excluding hydrogens is 354 g/mol. The zero-order valence-corrected chi connectivity index (χ0v) is 16.7. The Morgan fingerprint density at radius 3 is 2.11 bits per heavy atom. The minimum absolute atomic E-state index is 0.214. The number of hydrogen-bond acceptors (Lipinski definition) is 5. The Hall–Kier alpha value is -2.66. The Morgan fingerprint density at radius 2 is 1.57 bits per heavy atom. The van der Waals surface area contributed by atoms with Crippen molar-refractivity contribution in [3.63, 3.8) is 0 Å². The van der Waals surface area contributed by atoms with E-state index >= 15 is 0 Å². The van der Waals surface area contributed by atoms with Gasteiger partial charge in [0.2, 0.25) is 17.2 Å². The van der Waals surface area contributed by atoms with Gasteiger partial charge in [0.15, 0.2) is 0 Å². The number of carbonyl (C=O) groups excluding carboxylic acids is 2. The van der Waals surface area contributed by atoms with Crippen LogP contribution in [0, 0.1) is 0 Å². The van der Waals surface area contributed by atoms with Crippen molar-refractivity contribution in [2.75, 3.05) is 24.6 Å².